The molecule has 9 heteroatoms. The molecule has 1 saturated heterocycles. The van der Waals surface area contributed by atoms with Gasteiger partial charge in [0.15, 0.2) is 0 Å². The van der Waals surface area contributed by atoms with Gasteiger partial charge in [0, 0.05) is 45.0 Å². The van der Waals surface area contributed by atoms with Gasteiger partial charge in [0.2, 0.25) is 15.9 Å². The number of likely N-dealkylation sites (tertiary alicyclic amines) is 1. The number of carbonyl (C=O) groups is 2. The second-order valence-electron chi connectivity index (χ2n) is 7.85. The van der Waals surface area contributed by atoms with E-state index in [2.05, 4.69) is 5.32 Å². The van der Waals surface area contributed by atoms with E-state index in [0.29, 0.717) is 36.6 Å². The molecular formula is C19H28N4O4S. The van der Waals surface area contributed by atoms with Gasteiger partial charge in [-0.3, -0.25) is 9.59 Å². The van der Waals surface area contributed by atoms with Gasteiger partial charge >= 0.3 is 0 Å². The molecule has 1 atom stereocenters. The van der Waals surface area contributed by atoms with Gasteiger partial charge in [0.1, 0.15) is 0 Å². The van der Waals surface area contributed by atoms with Crippen LogP contribution in [0.15, 0.2) is 23.1 Å². The smallest absolute Gasteiger partial charge is 0.253 e. The third-order valence-corrected chi connectivity index (χ3v) is 7.13. The van der Waals surface area contributed by atoms with Gasteiger partial charge in [-0.25, -0.2) is 12.7 Å². The van der Waals surface area contributed by atoms with E-state index in [-0.39, 0.29) is 23.3 Å². The molecule has 8 nitrogen and oxygen atoms in total. The Morgan fingerprint density at radius 2 is 1.93 bits per heavy atom. The van der Waals surface area contributed by atoms with Gasteiger partial charge in [-0.15, -0.1) is 0 Å². The molecule has 2 fully saturated rings. The zero-order valence-corrected chi connectivity index (χ0v) is 17.2. The van der Waals surface area contributed by atoms with E-state index in [0.717, 1.165) is 23.7 Å². The summed E-state index contributed by atoms with van der Waals surface area (Å²) in [5.41, 5.74) is 6.32. The summed E-state index contributed by atoms with van der Waals surface area (Å²) >= 11 is 0. The summed E-state index contributed by atoms with van der Waals surface area (Å²) in [6.45, 7) is 1.55. The van der Waals surface area contributed by atoms with Gasteiger partial charge in [-0.05, 0) is 49.8 Å². The largest absolute Gasteiger partial charge is 0.385 e. The molecule has 154 valence electrons. The number of anilines is 1. The number of nitrogens with two attached hydrogens (primary N) is 1. The van der Waals surface area contributed by atoms with Crippen molar-refractivity contribution in [2.24, 2.45) is 17.6 Å². The van der Waals surface area contributed by atoms with Crippen LogP contribution in [0.4, 0.5) is 5.69 Å². The molecule has 2 aliphatic rings. The number of benzene rings is 1. The number of rotatable bonds is 7. The maximum Gasteiger partial charge on any atom is 0.253 e. The number of nitrogens with one attached hydrogen (secondary N) is 1. The van der Waals surface area contributed by atoms with Crippen molar-refractivity contribution in [3.63, 3.8) is 0 Å². The van der Waals surface area contributed by atoms with Gasteiger partial charge in [-0.1, -0.05) is 0 Å². The van der Waals surface area contributed by atoms with Crippen LogP contribution in [0.1, 0.15) is 36.0 Å². The average Bonchev–Trinajstić information content (AvgIpc) is 3.50. The second-order valence-corrected chi connectivity index (χ2v) is 10.0. The number of nitrogens with zero attached hydrogens (tertiary/aromatic N) is 2. The number of carbonyl (C=O) groups excluding carboxylic acids is 2. The highest BCUT2D eigenvalue weighted by atomic mass is 32.2. The highest BCUT2D eigenvalue weighted by molar-refractivity contribution is 7.89. The summed E-state index contributed by atoms with van der Waals surface area (Å²) in [5.74, 6) is -0.449. The Labute approximate surface area is 166 Å². The number of piperidine rings is 1. The van der Waals surface area contributed by atoms with E-state index in [4.69, 9.17) is 5.73 Å². The molecule has 0 aromatic heterocycles. The first-order valence-electron chi connectivity index (χ1n) is 9.58. The molecule has 1 aliphatic heterocycles. The maximum absolute atomic E-state index is 13.1. The summed E-state index contributed by atoms with van der Waals surface area (Å²) in [7, 11) is -0.762. The third-order valence-electron chi connectivity index (χ3n) is 5.33. The Bertz CT molecular complexity index is 865. The summed E-state index contributed by atoms with van der Waals surface area (Å²) in [4.78, 5) is 26.2. The lowest BCUT2D eigenvalue weighted by atomic mass is 9.97. The minimum atomic E-state index is -3.68. The maximum atomic E-state index is 13.1. The Morgan fingerprint density at radius 1 is 1.21 bits per heavy atom. The number of sulfonamides is 1. The fourth-order valence-electron chi connectivity index (χ4n) is 3.34. The molecule has 1 aromatic rings. The summed E-state index contributed by atoms with van der Waals surface area (Å²) in [6, 6.07) is 4.66. The number of amides is 2. The predicted octanol–water partition coefficient (Wildman–Crippen LogP) is 1.10. The highest BCUT2D eigenvalue weighted by Gasteiger charge is 2.29. The first-order chi connectivity index (χ1) is 13.2. The lowest BCUT2D eigenvalue weighted by Gasteiger charge is -2.31. The first kappa shape index (κ1) is 20.6. The first-order valence-corrected chi connectivity index (χ1v) is 11.0. The lowest BCUT2D eigenvalue weighted by Crippen LogP contribution is -2.44. The molecule has 0 bridgehead atoms. The fraction of sp³-hybridized carbons (Fsp3) is 0.579. The van der Waals surface area contributed by atoms with Crippen molar-refractivity contribution < 1.29 is 18.0 Å². The molecule has 3 rings (SSSR count). The number of hydrogen-bond acceptors (Lipinski definition) is 5. The van der Waals surface area contributed by atoms with Gasteiger partial charge < -0.3 is 16.0 Å². The summed E-state index contributed by atoms with van der Waals surface area (Å²) in [5, 5.41) is 3.26. The van der Waals surface area contributed by atoms with E-state index in [1.54, 1.807) is 17.0 Å². The van der Waals surface area contributed by atoms with Crippen molar-refractivity contribution in [1.82, 2.24) is 9.21 Å². The molecule has 1 aliphatic carbocycles. The van der Waals surface area contributed by atoms with Crippen molar-refractivity contribution in [1.29, 1.82) is 0 Å². The van der Waals surface area contributed by atoms with E-state index in [1.165, 1.54) is 20.2 Å². The van der Waals surface area contributed by atoms with Crippen LogP contribution < -0.4 is 11.1 Å². The molecule has 0 unspecified atom stereocenters. The van der Waals surface area contributed by atoms with Crippen molar-refractivity contribution in [3.05, 3.63) is 23.8 Å². The zero-order valence-electron chi connectivity index (χ0n) is 16.3. The monoisotopic (exact) mass is 408 g/mol. The van der Waals surface area contributed by atoms with E-state index in [1.807, 2.05) is 0 Å². The predicted molar refractivity (Wildman–Crippen MR) is 106 cm³/mol. The van der Waals surface area contributed by atoms with Crippen LogP contribution in [0.3, 0.4) is 0 Å². The number of hydrogen-bond donors (Lipinski definition) is 2. The molecule has 2 amide bonds. The van der Waals surface area contributed by atoms with Crippen LogP contribution in [0.5, 0.6) is 0 Å². The highest BCUT2D eigenvalue weighted by Crippen LogP contribution is 2.30. The van der Waals surface area contributed by atoms with Crippen LogP contribution in [0.25, 0.3) is 0 Å². The van der Waals surface area contributed by atoms with Gasteiger partial charge in [-0.2, -0.15) is 0 Å². The number of primary amides is 1. The molecule has 0 spiro atoms. The zero-order chi connectivity index (χ0) is 20.5. The van der Waals surface area contributed by atoms with Crippen molar-refractivity contribution in [2.75, 3.05) is 39.0 Å². The second kappa shape index (κ2) is 8.08. The van der Waals surface area contributed by atoms with Crippen LogP contribution >= 0.6 is 0 Å². The van der Waals surface area contributed by atoms with Crippen LogP contribution in [-0.4, -0.2) is 63.2 Å². The Balaban J connectivity index is 1.90. The van der Waals surface area contributed by atoms with Gasteiger partial charge in [0.05, 0.1) is 10.8 Å². The minimum Gasteiger partial charge on any atom is -0.385 e. The molecular weight excluding hydrogens is 380 g/mol. The summed E-state index contributed by atoms with van der Waals surface area (Å²) in [6.07, 6.45) is 3.69. The Morgan fingerprint density at radius 3 is 2.54 bits per heavy atom. The van der Waals surface area contributed by atoms with E-state index in [9.17, 15) is 18.0 Å². The van der Waals surface area contributed by atoms with Crippen molar-refractivity contribution in [2.45, 2.75) is 30.6 Å². The average molecular weight is 409 g/mol. The van der Waals surface area contributed by atoms with Crippen molar-refractivity contribution >= 4 is 27.5 Å². The topological polar surface area (TPSA) is 113 Å². The normalized spacial score (nSPS) is 20.2. The van der Waals surface area contributed by atoms with Crippen LogP contribution in [0, 0.1) is 11.8 Å². The summed E-state index contributed by atoms with van der Waals surface area (Å²) < 4.78 is 26.4. The Kier molecular flexibility index (Phi) is 5.95. The molecule has 1 aromatic carbocycles. The molecule has 0 radical (unpaired) electrons. The minimum absolute atomic E-state index is 0.0742. The molecule has 3 N–H and O–H groups in total. The third kappa shape index (κ3) is 4.64. The van der Waals surface area contributed by atoms with E-state index < -0.39 is 15.9 Å². The van der Waals surface area contributed by atoms with E-state index >= 15 is 0 Å². The van der Waals surface area contributed by atoms with Crippen LogP contribution in [0.2, 0.25) is 0 Å². The lowest BCUT2D eigenvalue weighted by molar-refractivity contribution is -0.123. The SMILES string of the molecule is CN(C)S(=O)(=O)c1cc(NCC2CC2)cc(C(=O)N2CCC[C@H](C(N)=O)C2)c1. The molecule has 28 heavy (non-hydrogen) atoms. The molecule has 1 heterocycles. The van der Waals surface area contributed by atoms with Crippen LogP contribution in [-0.2, 0) is 14.8 Å². The Hall–Kier alpha value is -2.13. The quantitative estimate of drug-likeness (QED) is 0.701. The van der Waals surface area contributed by atoms with Gasteiger partial charge in [0.25, 0.3) is 5.91 Å². The standard InChI is InChI=1S/C19H28N4O4S/c1-22(2)28(26,27)17-9-15(8-16(10-17)21-11-13-5-6-13)19(25)23-7-3-4-14(12-23)18(20)24/h8-10,13-14,21H,3-7,11-12H2,1-2H3,(H2,20,24)/t14-/m0/s1. The molecule has 1 saturated carbocycles. The van der Waals surface area contributed by atoms with Crippen molar-refractivity contribution in [3.8, 4) is 0 Å². The fourth-order valence-corrected chi connectivity index (χ4v) is 4.32.